The summed E-state index contributed by atoms with van der Waals surface area (Å²) in [6.07, 6.45) is 0. The second-order valence-corrected chi connectivity index (χ2v) is 6.16. The molecule has 0 spiro atoms. The van der Waals surface area contributed by atoms with Gasteiger partial charge >= 0.3 is 5.69 Å². The number of nitriles is 1. The Morgan fingerprint density at radius 1 is 1.30 bits per heavy atom. The SMILES string of the molecule is CCOc1cccc2cc([C@H](C)Nc3c(C#N)c(=O)n(C)c(=O)n3C)oc12. The van der Waals surface area contributed by atoms with E-state index >= 15 is 0 Å². The minimum Gasteiger partial charge on any atom is -0.490 e. The van der Waals surface area contributed by atoms with Crippen molar-refractivity contribution in [1.82, 2.24) is 9.13 Å². The molecule has 2 aromatic heterocycles. The molecule has 8 heteroatoms. The van der Waals surface area contributed by atoms with Gasteiger partial charge in [0, 0.05) is 19.5 Å². The number of nitrogens with one attached hydrogen (secondary N) is 1. The maximum atomic E-state index is 12.2. The lowest BCUT2D eigenvalue weighted by Crippen LogP contribution is -2.40. The minimum atomic E-state index is -0.640. The highest BCUT2D eigenvalue weighted by molar-refractivity contribution is 5.83. The maximum Gasteiger partial charge on any atom is 0.332 e. The zero-order chi connectivity index (χ0) is 19.7. The van der Waals surface area contributed by atoms with Crippen molar-refractivity contribution >= 4 is 16.8 Å². The molecule has 0 radical (unpaired) electrons. The van der Waals surface area contributed by atoms with Gasteiger partial charge in [0.15, 0.2) is 16.9 Å². The van der Waals surface area contributed by atoms with E-state index in [0.29, 0.717) is 23.7 Å². The van der Waals surface area contributed by atoms with E-state index in [1.807, 2.05) is 44.2 Å². The molecule has 1 atom stereocenters. The fourth-order valence-electron chi connectivity index (χ4n) is 2.93. The number of anilines is 1. The van der Waals surface area contributed by atoms with Crippen molar-refractivity contribution in [2.24, 2.45) is 14.1 Å². The first kappa shape index (κ1) is 18.3. The first-order chi connectivity index (χ1) is 12.9. The molecule has 0 unspecified atom stereocenters. The Balaban J connectivity index is 2.04. The van der Waals surface area contributed by atoms with E-state index in [2.05, 4.69) is 5.32 Å². The molecule has 0 aliphatic carbocycles. The molecule has 2 heterocycles. The van der Waals surface area contributed by atoms with Crippen molar-refractivity contribution in [3.05, 3.63) is 56.4 Å². The molecular formula is C19H20N4O4. The molecule has 140 valence electrons. The Morgan fingerprint density at radius 3 is 2.70 bits per heavy atom. The summed E-state index contributed by atoms with van der Waals surface area (Å²) in [6.45, 7) is 4.23. The number of furan rings is 1. The summed E-state index contributed by atoms with van der Waals surface area (Å²) in [6, 6.07) is 8.96. The third kappa shape index (κ3) is 3.08. The summed E-state index contributed by atoms with van der Waals surface area (Å²) >= 11 is 0. The van der Waals surface area contributed by atoms with Gasteiger partial charge in [0.2, 0.25) is 0 Å². The van der Waals surface area contributed by atoms with E-state index in [0.717, 1.165) is 9.95 Å². The van der Waals surface area contributed by atoms with E-state index in [-0.39, 0.29) is 11.4 Å². The lowest BCUT2D eigenvalue weighted by Gasteiger charge is -2.17. The van der Waals surface area contributed by atoms with Gasteiger partial charge in [-0.05, 0) is 26.0 Å². The Morgan fingerprint density at radius 2 is 2.04 bits per heavy atom. The number of aromatic nitrogens is 2. The lowest BCUT2D eigenvalue weighted by atomic mass is 10.2. The summed E-state index contributed by atoms with van der Waals surface area (Å²) < 4.78 is 13.7. The predicted molar refractivity (Wildman–Crippen MR) is 101 cm³/mol. The van der Waals surface area contributed by atoms with Crippen LogP contribution in [-0.4, -0.2) is 15.7 Å². The van der Waals surface area contributed by atoms with Crippen molar-refractivity contribution in [3.8, 4) is 11.8 Å². The Labute approximate surface area is 155 Å². The number of hydrogen-bond donors (Lipinski definition) is 1. The van der Waals surface area contributed by atoms with Crippen LogP contribution in [-0.2, 0) is 14.1 Å². The summed E-state index contributed by atoms with van der Waals surface area (Å²) in [5, 5.41) is 13.3. The van der Waals surface area contributed by atoms with Gasteiger partial charge in [-0.3, -0.25) is 13.9 Å². The van der Waals surface area contributed by atoms with Gasteiger partial charge in [-0.2, -0.15) is 5.26 Å². The van der Waals surface area contributed by atoms with Crippen LogP contribution in [0.25, 0.3) is 11.0 Å². The van der Waals surface area contributed by atoms with Gasteiger partial charge in [-0.25, -0.2) is 4.79 Å². The first-order valence-electron chi connectivity index (χ1n) is 8.50. The van der Waals surface area contributed by atoms with Gasteiger partial charge < -0.3 is 14.5 Å². The van der Waals surface area contributed by atoms with Crippen LogP contribution >= 0.6 is 0 Å². The number of para-hydroxylation sites is 1. The molecule has 0 aliphatic rings. The summed E-state index contributed by atoms with van der Waals surface area (Å²) in [5.41, 5.74) is -0.658. The fourth-order valence-corrected chi connectivity index (χ4v) is 2.93. The fraction of sp³-hybridized carbons (Fsp3) is 0.316. The van der Waals surface area contributed by atoms with Gasteiger partial charge in [0.1, 0.15) is 17.6 Å². The van der Waals surface area contributed by atoms with Crippen LogP contribution in [0.2, 0.25) is 0 Å². The largest absolute Gasteiger partial charge is 0.490 e. The van der Waals surface area contributed by atoms with Gasteiger partial charge in [-0.15, -0.1) is 0 Å². The van der Waals surface area contributed by atoms with E-state index in [1.165, 1.54) is 18.7 Å². The van der Waals surface area contributed by atoms with Gasteiger partial charge in [0.05, 0.1) is 12.6 Å². The quantitative estimate of drug-likeness (QED) is 0.741. The number of hydrogen-bond acceptors (Lipinski definition) is 6. The summed E-state index contributed by atoms with van der Waals surface area (Å²) in [7, 11) is 2.84. The standard InChI is InChI=1S/C19H20N4O4/c1-5-26-14-8-6-7-12-9-15(27-16(12)14)11(2)21-17-13(10-20)18(24)23(4)19(25)22(17)3/h6-9,11,21H,5H2,1-4H3/t11-/m0/s1. The number of rotatable bonds is 5. The highest BCUT2D eigenvalue weighted by atomic mass is 16.5. The number of nitrogens with zero attached hydrogens (tertiary/aromatic N) is 3. The van der Waals surface area contributed by atoms with E-state index in [9.17, 15) is 14.9 Å². The Bertz CT molecular complexity index is 1160. The predicted octanol–water partition coefficient (Wildman–Crippen LogP) is 2.27. The molecule has 27 heavy (non-hydrogen) atoms. The zero-order valence-corrected chi connectivity index (χ0v) is 15.6. The van der Waals surface area contributed by atoms with Crippen molar-refractivity contribution in [2.45, 2.75) is 19.9 Å². The van der Waals surface area contributed by atoms with Crippen LogP contribution < -0.4 is 21.3 Å². The van der Waals surface area contributed by atoms with E-state index in [1.54, 1.807) is 0 Å². The average molecular weight is 368 g/mol. The molecule has 3 aromatic rings. The number of benzene rings is 1. The molecule has 0 bridgehead atoms. The lowest BCUT2D eigenvalue weighted by molar-refractivity contribution is 0.337. The van der Waals surface area contributed by atoms with Crippen LogP contribution in [0.3, 0.4) is 0 Å². The third-order valence-electron chi connectivity index (χ3n) is 4.38. The van der Waals surface area contributed by atoms with Crippen LogP contribution in [0.15, 0.2) is 38.3 Å². The molecular weight excluding hydrogens is 348 g/mol. The molecule has 0 saturated carbocycles. The Kier molecular flexibility index (Phi) is 4.77. The zero-order valence-electron chi connectivity index (χ0n) is 15.6. The molecule has 1 N–H and O–H groups in total. The van der Waals surface area contributed by atoms with Gasteiger partial charge in [0.25, 0.3) is 5.56 Å². The van der Waals surface area contributed by atoms with Crippen molar-refractivity contribution < 1.29 is 9.15 Å². The van der Waals surface area contributed by atoms with Crippen LogP contribution in [0, 0.1) is 11.3 Å². The Hall–Kier alpha value is -3.47. The molecule has 1 aromatic carbocycles. The molecule has 8 nitrogen and oxygen atoms in total. The summed E-state index contributed by atoms with van der Waals surface area (Å²) in [5.74, 6) is 1.39. The monoisotopic (exact) mass is 368 g/mol. The highest BCUT2D eigenvalue weighted by Crippen LogP contribution is 2.32. The van der Waals surface area contributed by atoms with Crippen LogP contribution in [0.4, 0.5) is 5.82 Å². The first-order valence-corrected chi connectivity index (χ1v) is 8.50. The van der Waals surface area contributed by atoms with Crippen molar-refractivity contribution in [3.63, 3.8) is 0 Å². The van der Waals surface area contributed by atoms with Crippen LogP contribution in [0.5, 0.6) is 5.75 Å². The highest BCUT2D eigenvalue weighted by Gasteiger charge is 2.20. The van der Waals surface area contributed by atoms with E-state index in [4.69, 9.17) is 9.15 Å². The second-order valence-electron chi connectivity index (χ2n) is 6.16. The topological polar surface area (TPSA) is 102 Å². The minimum absolute atomic E-state index is 0.127. The summed E-state index contributed by atoms with van der Waals surface area (Å²) in [4.78, 5) is 24.4. The van der Waals surface area contributed by atoms with Gasteiger partial charge in [-0.1, -0.05) is 12.1 Å². The average Bonchev–Trinajstić information content (AvgIpc) is 3.10. The van der Waals surface area contributed by atoms with Crippen molar-refractivity contribution in [2.75, 3.05) is 11.9 Å². The molecule has 0 fully saturated rings. The van der Waals surface area contributed by atoms with E-state index < -0.39 is 17.3 Å². The van der Waals surface area contributed by atoms with Crippen molar-refractivity contribution in [1.29, 1.82) is 5.26 Å². The third-order valence-corrected chi connectivity index (χ3v) is 4.38. The normalized spacial score (nSPS) is 12.0. The molecule has 0 amide bonds. The smallest absolute Gasteiger partial charge is 0.332 e. The van der Waals surface area contributed by atoms with Crippen LogP contribution in [0.1, 0.15) is 31.2 Å². The number of fused-ring (bicyclic) bond motifs is 1. The number of ether oxygens (including phenoxy) is 1. The second kappa shape index (κ2) is 7.03. The molecule has 0 saturated heterocycles. The molecule has 3 rings (SSSR count). The molecule has 0 aliphatic heterocycles. The maximum absolute atomic E-state index is 12.2.